The van der Waals surface area contributed by atoms with E-state index in [9.17, 15) is 4.79 Å². The first kappa shape index (κ1) is 19.9. The molecule has 0 N–H and O–H groups in total. The molecule has 1 unspecified atom stereocenters. The van der Waals surface area contributed by atoms with E-state index in [1.807, 2.05) is 6.07 Å². The second-order valence-electron chi connectivity index (χ2n) is 4.34. The molecule has 0 aliphatic rings. The maximum Gasteiger partial charge on any atom is 0.190 e. The molecule has 0 saturated heterocycles. The number of halogens is 1. The minimum Gasteiger partial charge on any atom is -0.497 e. The third kappa shape index (κ3) is 4.65. The molecule has 0 amide bonds. The third-order valence-electron chi connectivity index (χ3n) is 3.08. The molecule has 2 rings (SSSR count). The van der Waals surface area contributed by atoms with Crippen molar-refractivity contribution >= 4 is 49.9 Å². The summed E-state index contributed by atoms with van der Waals surface area (Å²) in [4.78, 5) is 12.6. The molecule has 1 radical (unpaired) electrons. The number of carbonyl (C=O) groups is 1. The Morgan fingerprint density at radius 1 is 1.00 bits per heavy atom. The van der Waals surface area contributed by atoms with Crippen LogP contribution in [0.2, 0.25) is 5.02 Å². The Morgan fingerprint density at radius 2 is 1.70 bits per heavy atom. The average Bonchev–Trinajstić information content (AvgIpc) is 2.54. The fraction of sp³-hybridized carbons (Fsp3) is 0.188. The molecule has 2 aromatic rings. The number of ether oxygens (including phenoxy) is 3. The average molecular weight is 346 g/mol. The van der Waals surface area contributed by atoms with Crippen molar-refractivity contribution in [1.82, 2.24) is 0 Å². The molecule has 0 bridgehead atoms. The first-order chi connectivity index (χ1) is 10.6. The van der Waals surface area contributed by atoms with Gasteiger partial charge in [0, 0.05) is 30.2 Å². The summed E-state index contributed by atoms with van der Waals surface area (Å²) in [5, 5.41) is 1.17. The fourth-order valence-electron chi connectivity index (χ4n) is 1.98. The molecule has 0 aliphatic carbocycles. The third-order valence-corrected chi connectivity index (χ3v) is 4.55. The first-order valence-corrected chi connectivity index (χ1v) is 7.84. The predicted molar refractivity (Wildman–Crippen MR) is 95.6 cm³/mol. The van der Waals surface area contributed by atoms with Gasteiger partial charge >= 0.3 is 0 Å². The van der Waals surface area contributed by atoms with E-state index in [1.54, 1.807) is 44.6 Å². The summed E-state index contributed by atoms with van der Waals surface area (Å²) in [7, 11) is 4.52. The van der Waals surface area contributed by atoms with Crippen LogP contribution in [-0.2, 0) is 0 Å². The Bertz CT molecular complexity index is 694. The molecule has 117 valence electrons. The van der Waals surface area contributed by atoms with Crippen LogP contribution in [0.25, 0.3) is 0 Å². The molecule has 4 nitrogen and oxygen atoms in total. The van der Waals surface area contributed by atoms with Crippen molar-refractivity contribution in [3.8, 4) is 17.2 Å². The van der Waals surface area contributed by atoms with Gasteiger partial charge in [-0.05, 0) is 32.8 Å². The van der Waals surface area contributed by atoms with E-state index in [-0.39, 0.29) is 33.0 Å². The molecular weight excluding hydrogens is 330 g/mol. The van der Waals surface area contributed by atoms with Gasteiger partial charge in [-0.1, -0.05) is 17.7 Å². The van der Waals surface area contributed by atoms with Crippen molar-refractivity contribution in [3.05, 3.63) is 47.0 Å². The van der Waals surface area contributed by atoms with Gasteiger partial charge in [-0.3, -0.25) is 4.79 Å². The van der Waals surface area contributed by atoms with E-state index in [4.69, 9.17) is 25.8 Å². The molecule has 7 heteroatoms. The molecule has 0 spiro atoms. The smallest absolute Gasteiger partial charge is 0.190 e. The molecule has 0 saturated carbocycles. The van der Waals surface area contributed by atoms with Crippen LogP contribution in [0.1, 0.15) is 10.4 Å². The SMILES string of the molecule is COc1ccc(PC(=O)c2c(Cl)cccc2OC)c(OC)c1.[Li]. The van der Waals surface area contributed by atoms with Crippen molar-refractivity contribution in [1.29, 1.82) is 0 Å². The quantitative estimate of drug-likeness (QED) is 0.596. The fourth-order valence-corrected chi connectivity index (χ4v) is 3.40. The van der Waals surface area contributed by atoms with Gasteiger partial charge in [-0.15, -0.1) is 0 Å². The second kappa shape index (κ2) is 9.20. The predicted octanol–water partition coefficient (Wildman–Crippen LogP) is 3.13. The number of methoxy groups -OCH3 is 3. The first-order valence-electron chi connectivity index (χ1n) is 6.46. The zero-order valence-corrected chi connectivity index (χ0v) is 15.2. The van der Waals surface area contributed by atoms with Crippen molar-refractivity contribution in [3.63, 3.8) is 0 Å². The molecule has 0 heterocycles. The standard InChI is InChI=1S/C16H16ClO4P.Li/c1-19-10-7-8-14(13(9-10)21-3)22-16(18)15-11(17)5-4-6-12(15)20-2;/h4-9,22H,1-3H3;. The Balaban J connectivity index is 0.00000264. The topological polar surface area (TPSA) is 44.8 Å². The number of hydrogen-bond acceptors (Lipinski definition) is 4. The van der Waals surface area contributed by atoms with Gasteiger partial charge in [-0.2, -0.15) is 0 Å². The minimum absolute atomic E-state index is 0. The summed E-state index contributed by atoms with van der Waals surface area (Å²) >= 11 is 6.14. The van der Waals surface area contributed by atoms with Gasteiger partial charge in [0.05, 0.1) is 31.9 Å². The van der Waals surface area contributed by atoms with Crippen LogP contribution in [0.5, 0.6) is 17.2 Å². The maximum atomic E-state index is 12.6. The van der Waals surface area contributed by atoms with Crippen LogP contribution in [-0.4, -0.2) is 45.7 Å². The summed E-state index contributed by atoms with van der Waals surface area (Å²) in [5.41, 5.74) is 0.286. The molecule has 0 aromatic heterocycles. The minimum atomic E-state index is -0.129. The van der Waals surface area contributed by atoms with Gasteiger partial charge in [0.1, 0.15) is 17.2 Å². The van der Waals surface area contributed by atoms with Crippen LogP contribution in [0.3, 0.4) is 0 Å². The molecular formula is C16H16ClLiO4P. The van der Waals surface area contributed by atoms with Crippen molar-refractivity contribution in [2.45, 2.75) is 0 Å². The van der Waals surface area contributed by atoms with Gasteiger partial charge in [0.2, 0.25) is 0 Å². The second-order valence-corrected chi connectivity index (χ2v) is 5.99. The van der Waals surface area contributed by atoms with E-state index < -0.39 is 0 Å². The Labute approximate surface area is 154 Å². The van der Waals surface area contributed by atoms with E-state index in [0.717, 1.165) is 5.30 Å². The number of benzene rings is 2. The molecule has 1 atom stereocenters. The summed E-state index contributed by atoms with van der Waals surface area (Å²) < 4.78 is 15.7. The van der Waals surface area contributed by atoms with Crippen molar-refractivity contribution in [2.24, 2.45) is 0 Å². The van der Waals surface area contributed by atoms with E-state index in [0.29, 0.717) is 27.8 Å². The van der Waals surface area contributed by atoms with E-state index in [1.165, 1.54) is 7.11 Å². The molecule has 23 heavy (non-hydrogen) atoms. The molecule has 0 fully saturated rings. The van der Waals surface area contributed by atoms with Crippen molar-refractivity contribution < 1.29 is 19.0 Å². The monoisotopic (exact) mass is 345 g/mol. The van der Waals surface area contributed by atoms with Crippen molar-refractivity contribution in [2.75, 3.05) is 21.3 Å². The van der Waals surface area contributed by atoms with Crippen LogP contribution in [0.4, 0.5) is 0 Å². The zero-order valence-electron chi connectivity index (χ0n) is 13.5. The van der Waals surface area contributed by atoms with Crippen LogP contribution in [0, 0.1) is 0 Å². The Kier molecular flexibility index (Phi) is 7.95. The molecule has 2 aromatic carbocycles. The van der Waals surface area contributed by atoms with Crippen LogP contribution in [0.15, 0.2) is 36.4 Å². The zero-order chi connectivity index (χ0) is 16.1. The Morgan fingerprint density at radius 3 is 2.30 bits per heavy atom. The van der Waals surface area contributed by atoms with Crippen LogP contribution < -0.4 is 19.5 Å². The van der Waals surface area contributed by atoms with Gasteiger partial charge in [-0.25, -0.2) is 0 Å². The van der Waals surface area contributed by atoms with Gasteiger partial charge < -0.3 is 14.2 Å². The summed E-state index contributed by atoms with van der Waals surface area (Å²) in [6, 6.07) is 10.5. The van der Waals surface area contributed by atoms with Gasteiger partial charge in [0.15, 0.2) is 5.52 Å². The summed E-state index contributed by atoms with van der Waals surface area (Å²) in [6.07, 6.45) is 0. The van der Waals surface area contributed by atoms with Gasteiger partial charge in [0.25, 0.3) is 0 Å². The normalized spacial score (nSPS) is 10.3. The number of rotatable bonds is 6. The largest absolute Gasteiger partial charge is 0.497 e. The summed E-state index contributed by atoms with van der Waals surface area (Å²) in [5.74, 6) is 1.75. The van der Waals surface area contributed by atoms with E-state index >= 15 is 0 Å². The number of carbonyl (C=O) groups excluding carboxylic acids is 1. The van der Waals surface area contributed by atoms with E-state index in [2.05, 4.69) is 0 Å². The Hall–Kier alpha value is -1.17. The summed E-state index contributed by atoms with van der Waals surface area (Å²) in [6.45, 7) is 0. The van der Waals surface area contributed by atoms with Crippen LogP contribution >= 0.6 is 20.2 Å². The number of hydrogen-bond donors (Lipinski definition) is 0. The molecule has 0 aliphatic heterocycles. The maximum absolute atomic E-state index is 12.6.